The molecule has 1 saturated carbocycles. The molecule has 9 heavy (non-hydrogen) atoms. The Hall–Kier alpha value is -0.570. The van der Waals surface area contributed by atoms with Gasteiger partial charge in [-0.05, 0) is 6.42 Å². The van der Waals surface area contributed by atoms with Gasteiger partial charge in [-0.25, -0.2) is 0 Å². The van der Waals surface area contributed by atoms with E-state index < -0.39 is 0 Å². The van der Waals surface area contributed by atoms with Crippen molar-refractivity contribution in [2.75, 3.05) is 0 Å². The molecule has 0 bridgehead atoms. The van der Waals surface area contributed by atoms with Crippen LogP contribution in [-0.4, -0.2) is 23.2 Å². The van der Waals surface area contributed by atoms with Gasteiger partial charge in [0.25, 0.3) is 0 Å². The quantitative estimate of drug-likeness (QED) is 0.535. The molecule has 1 aliphatic rings. The number of hydrogen-bond acceptors (Lipinski definition) is 2. The van der Waals surface area contributed by atoms with Gasteiger partial charge in [0, 0.05) is 6.42 Å². The molecule has 0 radical (unpaired) electrons. The van der Waals surface area contributed by atoms with Crippen molar-refractivity contribution in [3.63, 3.8) is 0 Å². The number of amides is 1. The first-order valence-corrected chi connectivity index (χ1v) is 3.21. The summed E-state index contributed by atoms with van der Waals surface area (Å²) in [5.41, 5.74) is 0. The third-order valence-electron chi connectivity index (χ3n) is 1.42. The second kappa shape index (κ2) is 2.35. The van der Waals surface area contributed by atoms with Crippen LogP contribution in [0.3, 0.4) is 0 Å². The molecular formula is C6H11NO2. The van der Waals surface area contributed by atoms with E-state index in [4.69, 9.17) is 5.11 Å². The predicted octanol–water partition coefficient (Wildman–Crippen LogP) is -0.354. The second-order valence-corrected chi connectivity index (χ2v) is 2.33. The molecule has 0 unspecified atom stereocenters. The molecule has 1 amide bonds. The van der Waals surface area contributed by atoms with E-state index in [2.05, 4.69) is 5.32 Å². The van der Waals surface area contributed by atoms with Crippen molar-refractivity contribution < 1.29 is 9.90 Å². The van der Waals surface area contributed by atoms with Crippen LogP contribution in [0.25, 0.3) is 0 Å². The van der Waals surface area contributed by atoms with Crippen molar-refractivity contribution in [2.24, 2.45) is 0 Å². The maximum Gasteiger partial charge on any atom is 0.220 e. The summed E-state index contributed by atoms with van der Waals surface area (Å²) in [7, 11) is 0. The van der Waals surface area contributed by atoms with Crippen LogP contribution >= 0.6 is 0 Å². The lowest BCUT2D eigenvalue weighted by molar-refractivity contribution is -0.121. The van der Waals surface area contributed by atoms with Crippen molar-refractivity contribution in [3.05, 3.63) is 0 Å². The highest BCUT2D eigenvalue weighted by molar-refractivity contribution is 5.76. The van der Waals surface area contributed by atoms with Crippen LogP contribution < -0.4 is 5.32 Å². The highest BCUT2D eigenvalue weighted by Crippen LogP contribution is 2.19. The normalized spacial score (nSPS) is 31.8. The van der Waals surface area contributed by atoms with Gasteiger partial charge >= 0.3 is 0 Å². The lowest BCUT2D eigenvalue weighted by atomic mass is 10.4. The zero-order chi connectivity index (χ0) is 6.85. The number of rotatable bonds is 2. The molecule has 1 rings (SSSR count). The summed E-state index contributed by atoms with van der Waals surface area (Å²) in [5.74, 6) is 0.0246. The second-order valence-electron chi connectivity index (χ2n) is 2.33. The lowest BCUT2D eigenvalue weighted by Gasteiger charge is -1.97. The van der Waals surface area contributed by atoms with Crippen molar-refractivity contribution in [3.8, 4) is 0 Å². The smallest absolute Gasteiger partial charge is 0.220 e. The average Bonchev–Trinajstić information content (AvgIpc) is 2.47. The van der Waals surface area contributed by atoms with Crippen LogP contribution in [0.2, 0.25) is 0 Å². The van der Waals surface area contributed by atoms with E-state index in [1.165, 1.54) is 0 Å². The van der Waals surface area contributed by atoms with Crippen LogP contribution in [0.5, 0.6) is 0 Å². The third-order valence-corrected chi connectivity index (χ3v) is 1.42. The Morgan fingerprint density at radius 2 is 2.44 bits per heavy atom. The number of aliphatic hydroxyl groups is 1. The minimum Gasteiger partial charge on any atom is -0.391 e. The first-order valence-electron chi connectivity index (χ1n) is 3.21. The van der Waals surface area contributed by atoms with Gasteiger partial charge in [0.15, 0.2) is 0 Å². The lowest BCUT2D eigenvalue weighted by Crippen LogP contribution is -2.26. The fraction of sp³-hybridized carbons (Fsp3) is 0.833. The molecule has 0 aliphatic heterocycles. The number of aliphatic hydroxyl groups excluding tert-OH is 1. The number of carbonyl (C=O) groups is 1. The maximum absolute atomic E-state index is 10.6. The van der Waals surface area contributed by atoms with E-state index in [-0.39, 0.29) is 18.1 Å². The first-order chi connectivity index (χ1) is 4.24. The minimum atomic E-state index is -0.277. The van der Waals surface area contributed by atoms with Crippen molar-refractivity contribution in [1.29, 1.82) is 0 Å². The van der Waals surface area contributed by atoms with Gasteiger partial charge in [-0.15, -0.1) is 0 Å². The fourth-order valence-corrected chi connectivity index (χ4v) is 0.646. The molecular weight excluding hydrogens is 118 g/mol. The molecule has 2 atom stereocenters. The zero-order valence-corrected chi connectivity index (χ0v) is 5.42. The van der Waals surface area contributed by atoms with E-state index in [1.54, 1.807) is 6.92 Å². The summed E-state index contributed by atoms with van der Waals surface area (Å²) < 4.78 is 0. The highest BCUT2D eigenvalue weighted by Gasteiger charge is 2.35. The van der Waals surface area contributed by atoms with Gasteiger partial charge in [0.2, 0.25) is 5.91 Å². The van der Waals surface area contributed by atoms with Crippen molar-refractivity contribution in [2.45, 2.75) is 31.9 Å². The van der Waals surface area contributed by atoms with E-state index in [0.717, 1.165) is 6.42 Å². The standard InChI is InChI=1S/C6H11NO2/c1-2-6(9)7-4-3-5(4)8/h4-5,8H,2-3H2,1H3,(H,7,9)/t4-,5-/m0/s1. The van der Waals surface area contributed by atoms with Crippen molar-refractivity contribution >= 4 is 5.91 Å². The molecule has 0 spiro atoms. The molecule has 3 heteroatoms. The molecule has 0 saturated heterocycles. The predicted molar refractivity (Wildman–Crippen MR) is 32.8 cm³/mol. The molecule has 0 heterocycles. The Morgan fingerprint density at radius 1 is 1.89 bits per heavy atom. The largest absolute Gasteiger partial charge is 0.391 e. The van der Waals surface area contributed by atoms with Crippen LogP contribution in [-0.2, 0) is 4.79 Å². The SMILES string of the molecule is CCC(=O)N[C@H]1C[C@@H]1O. The van der Waals surface area contributed by atoms with Gasteiger partial charge in [0.1, 0.15) is 0 Å². The Bertz CT molecular complexity index is 124. The Balaban J connectivity index is 2.12. The first kappa shape index (κ1) is 6.55. The van der Waals surface area contributed by atoms with Gasteiger partial charge in [-0.3, -0.25) is 4.79 Å². The number of nitrogens with one attached hydrogen (secondary N) is 1. The van der Waals surface area contributed by atoms with E-state index in [9.17, 15) is 4.79 Å². The molecule has 2 N–H and O–H groups in total. The van der Waals surface area contributed by atoms with Gasteiger partial charge in [-0.1, -0.05) is 6.92 Å². The maximum atomic E-state index is 10.6. The van der Waals surface area contributed by atoms with E-state index >= 15 is 0 Å². The van der Waals surface area contributed by atoms with Gasteiger partial charge < -0.3 is 10.4 Å². The van der Waals surface area contributed by atoms with Gasteiger partial charge in [0.05, 0.1) is 12.1 Å². The summed E-state index contributed by atoms with van der Waals surface area (Å²) in [5, 5.41) is 11.4. The minimum absolute atomic E-state index is 0.0246. The number of hydrogen-bond donors (Lipinski definition) is 2. The van der Waals surface area contributed by atoms with E-state index in [0.29, 0.717) is 6.42 Å². The summed E-state index contributed by atoms with van der Waals surface area (Å²) >= 11 is 0. The third kappa shape index (κ3) is 1.68. The topological polar surface area (TPSA) is 49.3 Å². The fourth-order valence-electron chi connectivity index (χ4n) is 0.646. The molecule has 0 aromatic carbocycles. The van der Waals surface area contributed by atoms with Gasteiger partial charge in [-0.2, -0.15) is 0 Å². The van der Waals surface area contributed by atoms with Crippen LogP contribution in [0.1, 0.15) is 19.8 Å². The molecule has 52 valence electrons. The summed E-state index contributed by atoms with van der Waals surface area (Å²) in [6.45, 7) is 1.80. The Labute approximate surface area is 54.1 Å². The molecule has 0 aromatic heterocycles. The molecule has 0 aromatic rings. The van der Waals surface area contributed by atoms with Crippen LogP contribution in [0, 0.1) is 0 Å². The highest BCUT2D eigenvalue weighted by atomic mass is 16.3. The Morgan fingerprint density at radius 3 is 2.78 bits per heavy atom. The summed E-state index contributed by atoms with van der Waals surface area (Å²) in [4.78, 5) is 10.6. The average molecular weight is 129 g/mol. The van der Waals surface area contributed by atoms with Crippen LogP contribution in [0.15, 0.2) is 0 Å². The van der Waals surface area contributed by atoms with Crippen molar-refractivity contribution in [1.82, 2.24) is 5.32 Å². The molecule has 1 fully saturated rings. The van der Waals surface area contributed by atoms with E-state index in [1.807, 2.05) is 0 Å². The monoisotopic (exact) mass is 129 g/mol. The van der Waals surface area contributed by atoms with Crippen LogP contribution in [0.4, 0.5) is 0 Å². The summed E-state index contributed by atoms with van der Waals surface area (Å²) in [6.07, 6.45) is 0.954. The summed E-state index contributed by atoms with van der Waals surface area (Å²) in [6, 6.07) is 0.0532. The zero-order valence-electron chi connectivity index (χ0n) is 5.42. The molecule has 3 nitrogen and oxygen atoms in total. The molecule has 1 aliphatic carbocycles. The number of carbonyl (C=O) groups excluding carboxylic acids is 1. The Kier molecular flexibility index (Phi) is 1.71.